The molecule has 3 aromatic rings. The first-order valence-corrected chi connectivity index (χ1v) is 9.24. The van der Waals surface area contributed by atoms with E-state index in [-0.39, 0.29) is 11.5 Å². The number of ketones is 1. The lowest BCUT2D eigenvalue weighted by atomic mass is 10.1. The van der Waals surface area contributed by atoms with Crippen molar-refractivity contribution in [2.45, 2.75) is 20.0 Å². The molecule has 1 N–H and O–H groups in total. The van der Waals surface area contributed by atoms with Crippen molar-refractivity contribution in [3.05, 3.63) is 72.0 Å². The van der Waals surface area contributed by atoms with Crippen molar-refractivity contribution in [1.82, 2.24) is 0 Å². The average Bonchev–Trinajstić information content (AvgIpc) is 3.24. The van der Waals surface area contributed by atoms with Crippen LogP contribution in [0.5, 0.6) is 5.75 Å². The van der Waals surface area contributed by atoms with E-state index < -0.39 is 18.0 Å². The van der Waals surface area contributed by atoms with Crippen LogP contribution in [0.15, 0.2) is 65.1 Å². The normalized spacial score (nSPS) is 11.4. The smallest absolute Gasteiger partial charge is 0.375 e. The zero-order chi connectivity index (χ0) is 21.7. The molecule has 0 aliphatic carbocycles. The first kappa shape index (κ1) is 20.9. The summed E-state index contributed by atoms with van der Waals surface area (Å²) >= 11 is 0. The number of esters is 1. The van der Waals surface area contributed by atoms with Gasteiger partial charge in [-0.05, 0) is 38.1 Å². The number of hydrogen-bond donors (Lipinski definition) is 1. The van der Waals surface area contributed by atoms with Crippen LogP contribution in [0.1, 0.15) is 34.8 Å². The standard InChI is InChI=1S/C23H21NO6/c1-14(25)16-7-9-17(10-8-16)20-11-12-21(30-20)23(27)29-15(2)22(26)24-18-5-4-6-19(13-18)28-3/h4-13,15H,1-3H3,(H,24,26)/t15-/m1/s1. The van der Waals surface area contributed by atoms with Gasteiger partial charge >= 0.3 is 5.97 Å². The van der Waals surface area contributed by atoms with E-state index in [4.69, 9.17) is 13.9 Å². The Labute approximate surface area is 173 Å². The molecule has 30 heavy (non-hydrogen) atoms. The van der Waals surface area contributed by atoms with Gasteiger partial charge in [0.25, 0.3) is 5.91 Å². The van der Waals surface area contributed by atoms with E-state index in [0.717, 1.165) is 0 Å². The van der Waals surface area contributed by atoms with Crippen LogP contribution in [0.3, 0.4) is 0 Å². The number of hydrogen-bond acceptors (Lipinski definition) is 6. The maximum absolute atomic E-state index is 12.3. The third-order valence-electron chi connectivity index (χ3n) is 4.37. The second-order valence-electron chi connectivity index (χ2n) is 6.57. The van der Waals surface area contributed by atoms with Crippen LogP contribution >= 0.6 is 0 Å². The van der Waals surface area contributed by atoms with Crippen LogP contribution in [-0.4, -0.2) is 30.9 Å². The van der Waals surface area contributed by atoms with Crippen LogP contribution < -0.4 is 10.1 Å². The minimum Gasteiger partial charge on any atom is -0.497 e. The molecule has 2 aromatic carbocycles. The summed E-state index contributed by atoms with van der Waals surface area (Å²) in [4.78, 5) is 36.0. The van der Waals surface area contributed by atoms with Crippen molar-refractivity contribution in [2.75, 3.05) is 12.4 Å². The maximum Gasteiger partial charge on any atom is 0.375 e. The fourth-order valence-corrected chi connectivity index (χ4v) is 2.69. The highest BCUT2D eigenvalue weighted by Crippen LogP contribution is 2.23. The van der Waals surface area contributed by atoms with E-state index in [1.165, 1.54) is 27.0 Å². The molecular formula is C23H21NO6. The number of amides is 1. The van der Waals surface area contributed by atoms with Crippen LogP contribution in [0.4, 0.5) is 5.69 Å². The quantitative estimate of drug-likeness (QED) is 0.462. The van der Waals surface area contributed by atoms with Gasteiger partial charge < -0.3 is 19.2 Å². The van der Waals surface area contributed by atoms with Gasteiger partial charge in [-0.25, -0.2) is 4.79 Å². The Morgan fingerprint density at radius 3 is 2.40 bits per heavy atom. The Bertz CT molecular complexity index is 1070. The fraction of sp³-hybridized carbons (Fsp3) is 0.174. The highest BCUT2D eigenvalue weighted by Gasteiger charge is 2.21. The molecule has 0 aliphatic rings. The highest BCUT2D eigenvalue weighted by molar-refractivity contribution is 5.97. The third-order valence-corrected chi connectivity index (χ3v) is 4.37. The lowest BCUT2D eigenvalue weighted by molar-refractivity contribution is -0.123. The van der Waals surface area contributed by atoms with Gasteiger partial charge in [0.05, 0.1) is 7.11 Å². The van der Waals surface area contributed by atoms with Gasteiger partial charge in [0.15, 0.2) is 11.9 Å². The molecule has 0 radical (unpaired) electrons. The Morgan fingerprint density at radius 2 is 1.73 bits per heavy atom. The zero-order valence-corrected chi connectivity index (χ0v) is 16.8. The van der Waals surface area contributed by atoms with E-state index in [1.807, 2.05) is 0 Å². The number of benzene rings is 2. The molecule has 154 valence electrons. The summed E-state index contributed by atoms with van der Waals surface area (Å²) in [6.07, 6.45) is -1.04. The molecule has 7 heteroatoms. The maximum atomic E-state index is 12.3. The monoisotopic (exact) mass is 407 g/mol. The summed E-state index contributed by atoms with van der Waals surface area (Å²) in [7, 11) is 1.53. The van der Waals surface area contributed by atoms with Gasteiger partial charge in [0.2, 0.25) is 5.76 Å². The van der Waals surface area contributed by atoms with Crippen LogP contribution in [-0.2, 0) is 9.53 Å². The van der Waals surface area contributed by atoms with Crippen LogP contribution in [0, 0.1) is 0 Å². The van der Waals surface area contributed by atoms with Crippen molar-refractivity contribution in [3.63, 3.8) is 0 Å². The summed E-state index contributed by atoms with van der Waals surface area (Å²) in [6, 6.07) is 16.8. The van der Waals surface area contributed by atoms with Gasteiger partial charge in [0, 0.05) is 22.9 Å². The Balaban J connectivity index is 1.62. The Morgan fingerprint density at radius 1 is 1.00 bits per heavy atom. The molecule has 1 heterocycles. The molecule has 7 nitrogen and oxygen atoms in total. The molecule has 0 bridgehead atoms. The van der Waals surface area contributed by atoms with E-state index >= 15 is 0 Å². The molecule has 0 aliphatic heterocycles. The van der Waals surface area contributed by atoms with Crippen molar-refractivity contribution in [2.24, 2.45) is 0 Å². The second-order valence-corrected chi connectivity index (χ2v) is 6.57. The molecule has 1 aromatic heterocycles. The number of ether oxygens (including phenoxy) is 2. The lowest BCUT2D eigenvalue weighted by Gasteiger charge is -2.13. The van der Waals surface area contributed by atoms with E-state index in [2.05, 4.69) is 5.32 Å². The third kappa shape index (κ3) is 4.94. The number of rotatable bonds is 7. The predicted octanol–water partition coefficient (Wildman–Crippen LogP) is 4.34. The summed E-state index contributed by atoms with van der Waals surface area (Å²) in [5.74, 6) is -0.256. The molecule has 0 unspecified atom stereocenters. The number of furan rings is 1. The molecule has 1 atom stereocenters. The van der Waals surface area contributed by atoms with Gasteiger partial charge in [-0.2, -0.15) is 0 Å². The van der Waals surface area contributed by atoms with E-state index in [1.54, 1.807) is 54.6 Å². The van der Waals surface area contributed by atoms with Crippen molar-refractivity contribution >= 4 is 23.3 Å². The number of carbonyl (C=O) groups excluding carboxylic acids is 3. The van der Waals surface area contributed by atoms with Crippen molar-refractivity contribution < 1.29 is 28.3 Å². The van der Waals surface area contributed by atoms with Crippen molar-refractivity contribution in [3.8, 4) is 17.1 Å². The lowest BCUT2D eigenvalue weighted by Crippen LogP contribution is -2.29. The molecule has 0 fully saturated rings. The number of Topliss-reactive ketones (excluding diaryl/α,β-unsaturated/α-hetero) is 1. The van der Waals surface area contributed by atoms with Crippen LogP contribution in [0.2, 0.25) is 0 Å². The van der Waals surface area contributed by atoms with Crippen molar-refractivity contribution in [1.29, 1.82) is 0 Å². The minimum absolute atomic E-state index is 0.0262. The SMILES string of the molecule is COc1cccc(NC(=O)[C@@H](C)OC(=O)c2ccc(-c3ccc(C(C)=O)cc3)o2)c1. The molecular weight excluding hydrogens is 386 g/mol. The largest absolute Gasteiger partial charge is 0.497 e. The zero-order valence-electron chi connectivity index (χ0n) is 16.8. The highest BCUT2D eigenvalue weighted by atomic mass is 16.6. The molecule has 3 rings (SSSR count). The first-order valence-electron chi connectivity index (χ1n) is 9.24. The number of carbonyl (C=O) groups is 3. The fourth-order valence-electron chi connectivity index (χ4n) is 2.69. The number of methoxy groups -OCH3 is 1. The van der Waals surface area contributed by atoms with Gasteiger partial charge in [-0.3, -0.25) is 9.59 Å². The summed E-state index contributed by atoms with van der Waals surface area (Å²) < 4.78 is 15.9. The predicted molar refractivity (Wildman–Crippen MR) is 111 cm³/mol. The van der Waals surface area contributed by atoms with Gasteiger partial charge in [0.1, 0.15) is 11.5 Å². The summed E-state index contributed by atoms with van der Waals surface area (Å²) in [6.45, 7) is 2.96. The second kappa shape index (κ2) is 9.09. The first-order chi connectivity index (χ1) is 14.4. The van der Waals surface area contributed by atoms with E-state index in [0.29, 0.717) is 28.3 Å². The molecule has 0 saturated carbocycles. The van der Waals surface area contributed by atoms with E-state index in [9.17, 15) is 14.4 Å². The minimum atomic E-state index is -1.04. The summed E-state index contributed by atoms with van der Waals surface area (Å²) in [5.41, 5.74) is 1.82. The molecule has 0 spiro atoms. The van der Waals surface area contributed by atoms with Gasteiger partial charge in [-0.1, -0.05) is 30.3 Å². The summed E-state index contributed by atoms with van der Waals surface area (Å²) in [5, 5.41) is 2.66. The molecule has 1 amide bonds. The topological polar surface area (TPSA) is 94.8 Å². The Hall–Kier alpha value is -3.87. The number of nitrogens with one attached hydrogen (secondary N) is 1. The van der Waals surface area contributed by atoms with Gasteiger partial charge in [-0.15, -0.1) is 0 Å². The molecule has 0 saturated heterocycles. The Kier molecular flexibility index (Phi) is 6.32. The average molecular weight is 407 g/mol. The number of anilines is 1. The van der Waals surface area contributed by atoms with Crippen LogP contribution in [0.25, 0.3) is 11.3 Å².